The van der Waals surface area contributed by atoms with Gasteiger partial charge in [0.15, 0.2) is 0 Å². The van der Waals surface area contributed by atoms with Crippen LogP contribution in [0.3, 0.4) is 0 Å². The Bertz CT molecular complexity index is 730. The number of likely N-dealkylation sites (N-methyl/N-ethyl adjacent to an activating group) is 1. The van der Waals surface area contributed by atoms with Crippen LogP contribution in [-0.2, 0) is 16.1 Å². The zero-order valence-electron chi connectivity index (χ0n) is 13.9. The van der Waals surface area contributed by atoms with E-state index >= 15 is 0 Å². The van der Waals surface area contributed by atoms with Crippen LogP contribution < -0.4 is 10.2 Å². The van der Waals surface area contributed by atoms with Crippen molar-refractivity contribution in [2.75, 3.05) is 23.8 Å². The number of hydrogen-bond acceptors (Lipinski definition) is 4. The zero-order chi connectivity index (χ0) is 17.1. The Balaban J connectivity index is 1.78. The average Bonchev–Trinajstić information content (AvgIpc) is 2.97. The summed E-state index contributed by atoms with van der Waals surface area (Å²) in [7, 11) is 1.94. The van der Waals surface area contributed by atoms with E-state index in [1.54, 1.807) is 16.2 Å². The lowest BCUT2D eigenvalue weighted by atomic mass is 10.1. The number of carbonyl (C=O) groups excluding carboxylic acids is 2. The first kappa shape index (κ1) is 16.7. The average molecular weight is 343 g/mol. The molecule has 0 bridgehead atoms. The number of nitrogens with one attached hydrogen (secondary N) is 1. The van der Waals surface area contributed by atoms with Crippen LogP contribution in [0, 0.1) is 0 Å². The number of carbonyl (C=O) groups is 2. The predicted octanol–water partition coefficient (Wildman–Crippen LogP) is 2.94. The van der Waals surface area contributed by atoms with Crippen LogP contribution in [0.5, 0.6) is 0 Å². The van der Waals surface area contributed by atoms with Crippen molar-refractivity contribution in [3.8, 4) is 0 Å². The number of fused-ring (bicyclic) bond motifs is 1. The number of thiophene rings is 1. The molecule has 5 nitrogen and oxygen atoms in total. The molecule has 0 fully saturated rings. The highest BCUT2D eigenvalue weighted by Crippen LogP contribution is 2.31. The van der Waals surface area contributed by atoms with Gasteiger partial charge in [0.1, 0.15) is 0 Å². The Kier molecular flexibility index (Phi) is 4.97. The molecular formula is C18H21N3O2S. The standard InChI is InChI=1S/C18H21N3O2S/c1-13-9-17(22)19-15-5-3-4-6-16(15)21(13)18(23)11-20(2)10-14-7-8-24-12-14/h3-8,12-13H,9-11H2,1-2H3,(H,19,22). The second-order valence-corrected chi connectivity index (χ2v) is 6.97. The van der Waals surface area contributed by atoms with Crippen molar-refractivity contribution in [1.82, 2.24) is 4.90 Å². The van der Waals surface area contributed by atoms with Gasteiger partial charge in [0.25, 0.3) is 0 Å². The van der Waals surface area contributed by atoms with Gasteiger partial charge in [-0.3, -0.25) is 14.5 Å². The second kappa shape index (κ2) is 7.15. The van der Waals surface area contributed by atoms with Crippen LogP contribution in [0.2, 0.25) is 0 Å². The summed E-state index contributed by atoms with van der Waals surface area (Å²) in [5, 5.41) is 7.01. The summed E-state index contributed by atoms with van der Waals surface area (Å²) < 4.78 is 0. The third-order valence-corrected chi connectivity index (χ3v) is 4.80. The Morgan fingerprint density at radius 1 is 1.38 bits per heavy atom. The topological polar surface area (TPSA) is 52.7 Å². The minimum atomic E-state index is -0.171. The van der Waals surface area contributed by atoms with Crippen molar-refractivity contribution in [2.24, 2.45) is 0 Å². The molecule has 2 heterocycles. The van der Waals surface area contributed by atoms with Crippen LogP contribution in [0.15, 0.2) is 41.1 Å². The maximum absolute atomic E-state index is 12.9. The molecule has 1 aliphatic rings. The van der Waals surface area contributed by atoms with Crippen molar-refractivity contribution in [3.05, 3.63) is 46.7 Å². The molecule has 1 atom stereocenters. The SMILES string of the molecule is CC1CC(=O)Nc2ccccc2N1C(=O)CN(C)Cc1ccsc1. The maximum Gasteiger partial charge on any atom is 0.241 e. The molecule has 1 N–H and O–H groups in total. The number of para-hydroxylation sites is 2. The van der Waals surface area contributed by atoms with Gasteiger partial charge in [-0.05, 0) is 48.5 Å². The number of hydrogen-bond donors (Lipinski definition) is 1. The molecular weight excluding hydrogens is 322 g/mol. The highest BCUT2D eigenvalue weighted by molar-refractivity contribution is 7.07. The van der Waals surface area contributed by atoms with Crippen LogP contribution in [0.4, 0.5) is 11.4 Å². The lowest BCUT2D eigenvalue weighted by Crippen LogP contribution is -2.44. The van der Waals surface area contributed by atoms with Gasteiger partial charge < -0.3 is 10.2 Å². The molecule has 0 spiro atoms. The Morgan fingerprint density at radius 2 is 2.17 bits per heavy atom. The molecule has 126 valence electrons. The third-order valence-electron chi connectivity index (χ3n) is 4.07. The number of rotatable bonds is 4. The smallest absolute Gasteiger partial charge is 0.241 e. The lowest BCUT2D eigenvalue weighted by Gasteiger charge is -2.29. The molecule has 1 unspecified atom stereocenters. The quantitative estimate of drug-likeness (QED) is 0.929. The summed E-state index contributed by atoms with van der Waals surface area (Å²) in [6.07, 6.45) is 0.300. The van der Waals surface area contributed by atoms with E-state index < -0.39 is 0 Å². The lowest BCUT2D eigenvalue weighted by molar-refractivity contribution is -0.120. The Morgan fingerprint density at radius 3 is 2.92 bits per heavy atom. The molecule has 0 saturated carbocycles. The van der Waals surface area contributed by atoms with Crippen molar-refractivity contribution >= 4 is 34.5 Å². The van der Waals surface area contributed by atoms with Gasteiger partial charge in [-0.25, -0.2) is 0 Å². The second-order valence-electron chi connectivity index (χ2n) is 6.19. The molecule has 6 heteroatoms. The first-order valence-electron chi connectivity index (χ1n) is 7.95. The Labute approximate surface area is 145 Å². The molecule has 1 aromatic carbocycles. The van der Waals surface area contributed by atoms with E-state index in [2.05, 4.69) is 16.8 Å². The van der Waals surface area contributed by atoms with Crippen LogP contribution in [0.25, 0.3) is 0 Å². The summed E-state index contributed by atoms with van der Waals surface area (Å²) in [6.45, 7) is 2.96. The van der Waals surface area contributed by atoms with Gasteiger partial charge in [-0.2, -0.15) is 11.3 Å². The monoisotopic (exact) mass is 343 g/mol. The van der Waals surface area contributed by atoms with E-state index in [-0.39, 0.29) is 17.9 Å². The first-order valence-corrected chi connectivity index (χ1v) is 8.89. The third kappa shape index (κ3) is 3.66. The largest absolute Gasteiger partial charge is 0.324 e. The molecule has 24 heavy (non-hydrogen) atoms. The van der Waals surface area contributed by atoms with E-state index in [0.29, 0.717) is 18.7 Å². The highest BCUT2D eigenvalue weighted by atomic mass is 32.1. The fourth-order valence-electron chi connectivity index (χ4n) is 3.03. The number of anilines is 2. The first-order chi connectivity index (χ1) is 11.5. The van der Waals surface area contributed by atoms with E-state index in [9.17, 15) is 9.59 Å². The van der Waals surface area contributed by atoms with Crippen molar-refractivity contribution in [3.63, 3.8) is 0 Å². The van der Waals surface area contributed by atoms with Gasteiger partial charge in [0.2, 0.25) is 11.8 Å². The van der Waals surface area contributed by atoms with E-state index in [0.717, 1.165) is 12.2 Å². The van der Waals surface area contributed by atoms with Gasteiger partial charge in [-0.15, -0.1) is 0 Å². The van der Waals surface area contributed by atoms with Gasteiger partial charge in [0.05, 0.1) is 17.9 Å². The predicted molar refractivity (Wildman–Crippen MR) is 97.3 cm³/mol. The molecule has 1 aliphatic heterocycles. The summed E-state index contributed by atoms with van der Waals surface area (Å²) in [5.41, 5.74) is 2.67. The van der Waals surface area contributed by atoms with Gasteiger partial charge >= 0.3 is 0 Å². The zero-order valence-corrected chi connectivity index (χ0v) is 14.7. The van der Waals surface area contributed by atoms with Crippen LogP contribution in [0.1, 0.15) is 18.9 Å². The fraction of sp³-hybridized carbons (Fsp3) is 0.333. The normalized spacial score (nSPS) is 17.4. The fourth-order valence-corrected chi connectivity index (χ4v) is 3.68. The molecule has 2 aromatic rings. The summed E-state index contributed by atoms with van der Waals surface area (Å²) in [4.78, 5) is 28.7. The molecule has 0 saturated heterocycles. The highest BCUT2D eigenvalue weighted by Gasteiger charge is 2.29. The Hall–Kier alpha value is -2.18. The molecule has 0 aliphatic carbocycles. The molecule has 0 radical (unpaired) electrons. The van der Waals surface area contributed by atoms with E-state index in [1.165, 1.54) is 5.56 Å². The number of nitrogens with zero attached hydrogens (tertiary/aromatic N) is 2. The van der Waals surface area contributed by atoms with Crippen molar-refractivity contribution in [1.29, 1.82) is 0 Å². The summed E-state index contributed by atoms with van der Waals surface area (Å²) in [5.74, 6) is -0.0546. The van der Waals surface area contributed by atoms with E-state index in [1.807, 2.05) is 48.5 Å². The van der Waals surface area contributed by atoms with Crippen LogP contribution >= 0.6 is 11.3 Å². The number of benzene rings is 1. The minimum Gasteiger partial charge on any atom is -0.324 e. The maximum atomic E-state index is 12.9. The minimum absolute atomic E-state index is 0.00387. The van der Waals surface area contributed by atoms with E-state index in [4.69, 9.17) is 0 Å². The van der Waals surface area contributed by atoms with Crippen molar-refractivity contribution in [2.45, 2.75) is 25.9 Å². The van der Waals surface area contributed by atoms with Crippen molar-refractivity contribution < 1.29 is 9.59 Å². The molecule has 3 rings (SSSR count). The summed E-state index contributed by atoms with van der Waals surface area (Å²) >= 11 is 1.65. The molecule has 1 aromatic heterocycles. The van der Waals surface area contributed by atoms with Gasteiger partial charge in [-0.1, -0.05) is 12.1 Å². The number of amides is 2. The van der Waals surface area contributed by atoms with Crippen LogP contribution in [-0.4, -0.2) is 36.3 Å². The van der Waals surface area contributed by atoms with Gasteiger partial charge in [0, 0.05) is 19.0 Å². The summed E-state index contributed by atoms with van der Waals surface area (Å²) in [6, 6.07) is 9.36. The molecule has 2 amide bonds.